The summed E-state index contributed by atoms with van der Waals surface area (Å²) in [5, 5.41) is 0. The van der Waals surface area contributed by atoms with Gasteiger partial charge >= 0.3 is 0 Å². The Morgan fingerprint density at radius 2 is 2.50 bits per heavy atom. The molecule has 0 saturated heterocycles. The van der Waals surface area contributed by atoms with Crippen molar-refractivity contribution in [2.24, 2.45) is 5.92 Å². The van der Waals surface area contributed by atoms with E-state index in [1.54, 1.807) is 0 Å². The van der Waals surface area contributed by atoms with Gasteiger partial charge in [0.05, 0.1) is 0 Å². The van der Waals surface area contributed by atoms with Crippen LogP contribution in [0.5, 0.6) is 0 Å². The molecule has 0 saturated carbocycles. The molecule has 1 rings (SSSR count). The van der Waals surface area contributed by atoms with Crippen LogP contribution in [-0.4, -0.2) is 0 Å². The topological polar surface area (TPSA) is 0 Å². The van der Waals surface area contributed by atoms with E-state index < -0.39 is 0 Å². The summed E-state index contributed by atoms with van der Waals surface area (Å²) < 4.78 is 0. The van der Waals surface area contributed by atoms with E-state index in [-0.39, 0.29) is 0 Å². The smallest absolute Gasteiger partial charge is 0.0165 e. The fraction of sp³-hybridized carbons (Fsp3) is 0.600. The van der Waals surface area contributed by atoms with Gasteiger partial charge in [0.15, 0.2) is 0 Å². The number of rotatable bonds is 1. The van der Waals surface area contributed by atoms with Crippen molar-refractivity contribution < 1.29 is 0 Å². The van der Waals surface area contributed by atoms with Crippen molar-refractivity contribution in [2.45, 2.75) is 33.1 Å². The Morgan fingerprint density at radius 3 is 3.00 bits per heavy atom. The molecular formula is C10H16. The maximum Gasteiger partial charge on any atom is -0.0165 e. The van der Waals surface area contributed by atoms with Gasteiger partial charge in [-0.3, -0.25) is 0 Å². The summed E-state index contributed by atoms with van der Waals surface area (Å²) in [4.78, 5) is 0. The molecule has 10 heavy (non-hydrogen) atoms. The second kappa shape index (κ2) is 3.60. The molecule has 0 aromatic carbocycles. The Bertz CT molecular complexity index is 151. The Hall–Kier alpha value is -0.520. The predicted octanol–water partition coefficient (Wildman–Crippen LogP) is 3.31. The quantitative estimate of drug-likeness (QED) is 0.518. The van der Waals surface area contributed by atoms with Gasteiger partial charge in [-0.2, -0.15) is 0 Å². The lowest BCUT2D eigenvalue weighted by Crippen LogP contribution is -2.03. The molecule has 1 unspecified atom stereocenters. The molecule has 56 valence electrons. The second-order valence-corrected chi connectivity index (χ2v) is 2.87. The van der Waals surface area contributed by atoms with Crippen LogP contribution >= 0.6 is 0 Å². The van der Waals surface area contributed by atoms with Crippen molar-refractivity contribution in [1.82, 2.24) is 0 Å². The van der Waals surface area contributed by atoms with E-state index >= 15 is 0 Å². The van der Waals surface area contributed by atoms with Crippen molar-refractivity contribution in [2.75, 3.05) is 0 Å². The third-order valence-electron chi connectivity index (χ3n) is 2.29. The third kappa shape index (κ3) is 1.50. The van der Waals surface area contributed by atoms with Crippen LogP contribution in [0.1, 0.15) is 33.1 Å². The Morgan fingerprint density at radius 1 is 1.70 bits per heavy atom. The maximum atomic E-state index is 2.28. The molecule has 0 aromatic rings. The van der Waals surface area contributed by atoms with E-state index in [2.05, 4.69) is 32.1 Å². The van der Waals surface area contributed by atoms with Crippen LogP contribution < -0.4 is 0 Å². The van der Waals surface area contributed by atoms with E-state index in [0.29, 0.717) is 0 Å². The fourth-order valence-corrected chi connectivity index (χ4v) is 1.59. The van der Waals surface area contributed by atoms with Crippen LogP contribution in [0.3, 0.4) is 0 Å². The van der Waals surface area contributed by atoms with Gasteiger partial charge in [-0.1, -0.05) is 25.2 Å². The molecule has 0 N–H and O–H groups in total. The predicted molar refractivity (Wildman–Crippen MR) is 45.9 cm³/mol. The van der Waals surface area contributed by atoms with Crippen LogP contribution in [0, 0.1) is 5.92 Å². The van der Waals surface area contributed by atoms with Gasteiger partial charge in [0, 0.05) is 0 Å². The highest BCUT2D eigenvalue weighted by atomic mass is 14.2. The monoisotopic (exact) mass is 136 g/mol. The second-order valence-electron chi connectivity index (χ2n) is 2.87. The van der Waals surface area contributed by atoms with Crippen LogP contribution in [0.15, 0.2) is 23.8 Å². The van der Waals surface area contributed by atoms with Gasteiger partial charge < -0.3 is 0 Å². The van der Waals surface area contributed by atoms with Crippen LogP contribution in [0.2, 0.25) is 0 Å². The van der Waals surface area contributed by atoms with Gasteiger partial charge in [-0.15, -0.1) is 0 Å². The van der Waals surface area contributed by atoms with Crippen LogP contribution in [0.25, 0.3) is 0 Å². The lowest BCUT2D eigenvalue weighted by Gasteiger charge is -2.18. The number of hydrogen-bond donors (Lipinski definition) is 0. The Labute approximate surface area is 63.6 Å². The highest BCUT2D eigenvalue weighted by Gasteiger charge is 2.10. The summed E-state index contributed by atoms with van der Waals surface area (Å²) in [6.07, 6.45) is 10.7. The van der Waals surface area contributed by atoms with Crippen LogP contribution in [-0.2, 0) is 0 Å². The van der Waals surface area contributed by atoms with E-state index in [1.807, 2.05) is 0 Å². The largest absolute Gasteiger partial charge is 0.0842 e. The first-order chi connectivity index (χ1) is 4.88. The molecule has 0 spiro atoms. The van der Waals surface area contributed by atoms with Gasteiger partial charge in [-0.05, 0) is 37.7 Å². The molecule has 1 aliphatic rings. The van der Waals surface area contributed by atoms with Crippen molar-refractivity contribution in [3.8, 4) is 0 Å². The van der Waals surface area contributed by atoms with E-state index in [0.717, 1.165) is 5.92 Å². The minimum Gasteiger partial charge on any atom is -0.0842 e. The zero-order chi connectivity index (χ0) is 7.40. The van der Waals surface area contributed by atoms with E-state index in [1.165, 1.54) is 24.8 Å². The summed E-state index contributed by atoms with van der Waals surface area (Å²) in [7, 11) is 0. The van der Waals surface area contributed by atoms with Crippen LogP contribution in [0.4, 0.5) is 0 Å². The summed E-state index contributed by atoms with van der Waals surface area (Å²) in [6, 6.07) is 0. The summed E-state index contributed by atoms with van der Waals surface area (Å²) >= 11 is 0. The molecule has 0 radical (unpaired) electrons. The van der Waals surface area contributed by atoms with Crippen molar-refractivity contribution in [1.29, 1.82) is 0 Å². The molecule has 0 heteroatoms. The van der Waals surface area contributed by atoms with Crippen molar-refractivity contribution >= 4 is 0 Å². The molecule has 0 amide bonds. The van der Waals surface area contributed by atoms with Gasteiger partial charge in [0.1, 0.15) is 0 Å². The summed E-state index contributed by atoms with van der Waals surface area (Å²) in [5.74, 6) is 0.843. The normalized spacial score (nSPS) is 29.4. The minimum atomic E-state index is 0.843. The van der Waals surface area contributed by atoms with E-state index in [4.69, 9.17) is 0 Å². The Kier molecular flexibility index (Phi) is 2.73. The minimum absolute atomic E-state index is 0.843. The lowest BCUT2D eigenvalue weighted by molar-refractivity contribution is 0.545. The van der Waals surface area contributed by atoms with Crippen molar-refractivity contribution in [3.63, 3.8) is 0 Å². The summed E-state index contributed by atoms with van der Waals surface area (Å²) in [6.45, 7) is 4.40. The van der Waals surface area contributed by atoms with Gasteiger partial charge in [0.25, 0.3) is 0 Å². The average molecular weight is 136 g/mol. The molecule has 0 heterocycles. The third-order valence-corrected chi connectivity index (χ3v) is 2.29. The highest BCUT2D eigenvalue weighted by molar-refractivity contribution is 5.23. The molecule has 0 bridgehead atoms. The molecule has 1 aliphatic carbocycles. The average Bonchev–Trinajstić information content (AvgIpc) is 2.04. The lowest BCUT2D eigenvalue weighted by atomic mass is 9.87. The van der Waals surface area contributed by atoms with E-state index in [9.17, 15) is 0 Å². The molecular weight excluding hydrogens is 120 g/mol. The highest BCUT2D eigenvalue weighted by Crippen LogP contribution is 2.26. The molecule has 0 aliphatic heterocycles. The SMILES string of the molecule is C/C=C1\C=CCCC1CC. The first kappa shape index (κ1) is 7.59. The Balaban J connectivity index is 2.66. The molecule has 0 fully saturated rings. The molecule has 0 aromatic heterocycles. The number of allylic oxidation sites excluding steroid dienone is 4. The number of hydrogen-bond acceptors (Lipinski definition) is 0. The standard InChI is InChI=1S/C10H16/c1-3-9-7-5-6-8-10(9)4-2/h3,5,7,10H,4,6,8H2,1-2H3/b9-3+. The van der Waals surface area contributed by atoms with Gasteiger partial charge in [-0.25, -0.2) is 0 Å². The first-order valence-electron chi connectivity index (χ1n) is 4.21. The zero-order valence-electron chi connectivity index (χ0n) is 6.93. The first-order valence-corrected chi connectivity index (χ1v) is 4.21. The van der Waals surface area contributed by atoms with Gasteiger partial charge in [0.2, 0.25) is 0 Å². The molecule has 1 atom stereocenters. The molecule has 0 nitrogen and oxygen atoms in total. The zero-order valence-corrected chi connectivity index (χ0v) is 6.93. The maximum absolute atomic E-state index is 2.28. The fourth-order valence-electron chi connectivity index (χ4n) is 1.59. The summed E-state index contributed by atoms with van der Waals surface area (Å²) in [5.41, 5.74) is 1.54. The van der Waals surface area contributed by atoms with Crippen molar-refractivity contribution in [3.05, 3.63) is 23.8 Å².